The Balaban J connectivity index is 2.06. The van der Waals surface area contributed by atoms with Crippen molar-refractivity contribution < 1.29 is 0 Å². The Kier molecular flexibility index (Phi) is 3.67. The van der Waals surface area contributed by atoms with Gasteiger partial charge in [0.1, 0.15) is 0 Å². The maximum atomic E-state index is 11.4. The van der Waals surface area contributed by atoms with Crippen molar-refractivity contribution in [1.82, 2.24) is 0 Å². The highest BCUT2D eigenvalue weighted by molar-refractivity contribution is 7.07. The van der Waals surface area contributed by atoms with Crippen LogP contribution in [0.15, 0.2) is 58.0 Å². The predicted molar refractivity (Wildman–Crippen MR) is 69.8 cm³/mol. The molecule has 0 spiro atoms. The van der Waals surface area contributed by atoms with Gasteiger partial charge in [-0.3, -0.25) is 4.79 Å². The van der Waals surface area contributed by atoms with Gasteiger partial charge in [-0.1, -0.05) is 42.5 Å². The summed E-state index contributed by atoms with van der Waals surface area (Å²) < 4.78 is 0. The van der Waals surface area contributed by atoms with Gasteiger partial charge in [-0.2, -0.15) is 11.3 Å². The second-order valence-corrected chi connectivity index (χ2v) is 4.24. The Labute approximate surface area is 98.7 Å². The molecule has 1 nitrogen and oxygen atoms in total. The van der Waals surface area contributed by atoms with E-state index in [1.54, 1.807) is 17.4 Å². The van der Waals surface area contributed by atoms with Gasteiger partial charge in [0.05, 0.1) is 0 Å². The van der Waals surface area contributed by atoms with Crippen molar-refractivity contribution in [2.24, 2.45) is 0 Å². The lowest BCUT2D eigenvalue weighted by atomic mass is 10.1. The van der Waals surface area contributed by atoms with Crippen LogP contribution in [0.1, 0.15) is 11.1 Å². The molecule has 0 aliphatic carbocycles. The molecule has 0 aliphatic rings. The maximum Gasteiger partial charge on any atom is 0.183 e. The monoisotopic (exact) mass is 228 g/mol. The molecule has 0 aliphatic heterocycles. The summed E-state index contributed by atoms with van der Waals surface area (Å²) >= 11 is 1.56. The molecule has 0 N–H and O–H groups in total. The van der Waals surface area contributed by atoms with Crippen molar-refractivity contribution >= 4 is 17.4 Å². The summed E-state index contributed by atoms with van der Waals surface area (Å²) in [5, 5.41) is 3.73. The maximum absolute atomic E-state index is 11.4. The molecular formula is C14H12OS. The van der Waals surface area contributed by atoms with Crippen molar-refractivity contribution in [2.75, 3.05) is 0 Å². The number of hydrogen-bond donors (Lipinski definition) is 0. The summed E-state index contributed by atoms with van der Waals surface area (Å²) in [5.74, 6) is 0. The molecule has 80 valence electrons. The van der Waals surface area contributed by atoms with E-state index >= 15 is 0 Å². The Hall–Kier alpha value is -1.67. The van der Waals surface area contributed by atoms with Crippen LogP contribution in [0.3, 0.4) is 0 Å². The van der Waals surface area contributed by atoms with Crippen molar-refractivity contribution in [3.63, 3.8) is 0 Å². The Bertz CT molecular complexity index is 526. The van der Waals surface area contributed by atoms with Crippen molar-refractivity contribution in [3.05, 3.63) is 74.6 Å². The van der Waals surface area contributed by atoms with Crippen LogP contribution in [-0.2, 0) is 6.42 Å². The van der Waals surface area contributed by atoms with E-state index in [2.05, 4.69) is 0 Å². The Morgan fingerprint density at radius 1 is 1.12 bits per heavy atom. The fraction of sp³-hybridized carbons (Fsp3) is 0.0714. The fourth-order valence-electron chi connectivity index (χ4n) is 1.42. The van der Waals surface area contributed by atoms with Crippen LogP contribution in [0, 0.1) is 0 Å². The first kappa shape index (κ1) is 10.8. The molecule has 2 rings (SSSR count). The molecule has 2 aromatic rings. The van der Waals surface area contributed by atoms with E-state index in [0.29, 0.717) is 6.42 Å². The number of benzene rings is 1. The minimum atomic E-state index is 0.122. The molecule has 0 fully saturated rings. The highest BCUT2D eigenvalue weighted by Crippen LogP contribution is 2.04. The van der Waals surface area contributed by atoms with Crippen molar-refractivity contribution in [1.29, 1.82) is 0 Å². The molecule has 0 atom stereocenters. The molecule has 0 saturated carbocycles. The van der Waals surface area contributed by atoms with Crippen LogP contribution < -0.4 is 5.43 Å². The third kappa shape index (κ3) is 2.91. The second kappa shape index (κ2) is 5.42. The van der Waals surface area contributed by atoms with Crippen molar-refractivity contribution in [3.8, 4) is 0 Å². The summed E-state index contributed by atoms with van der Waals surface area (Å²) in [6.45, 7) is 0. The summed E-state index contributed by atoms with van der Waals surface area (Å²) in [4.78, 5) is 11.4. The third-order valence-electron chi connectivity index (χ3n) is 2.27. The summed E-state index contributed by atoms with van der Waals surface area (Å²) in [6, 6.07) is 11.7. The van der Waals surface area contributed by atoms with Gasteiger partial charge in [0.15, 0.2) is 5.43 Å². The van der Waals surface area contributed by atoms with E-state index in [1.807, 2.05) is 53.2 Å². The smallest absolute Gasteiger partial charge is 0.183 e. The summed E-state index contributed by atoms with van der Waals surface area (Å²) in [6.07, 6.45) is 4.76. The molecule has 0 radical (unpaired) electrons. The van der Waals surface area contributed by atoms with Gasteiger partial charge >= 0.3 is 0 Å². The summed E-state index contributed by atoms with van der Waals surface area (Å²) in [7, 11) is 0. The molecule has 1 heterocycles. The van der Waals surface area contributed by atoms with Crippen LogP contribution >= 0.6 is 11.3 Å². The largest absolute Gasteiger partial charge is 0.290 e. The molecule has 0 unspecified atom stereocenters. The number of rotatable bonds is 3. The zero-order valence-corrected chi connectivity index (χ0v) is 9.61. The molecule has 1 aromatic heterocycles. The molecule has 0 amide bonds. The van der Waals surface area contributed by atoms with Crippen LogP contribution in [0.2, 0.25) is 0 Å². The predicted octanol–water partition coefficient (Wildman–Crippen LogP) is 3.36. The van der Waals surface area contributed by atoms with Crippen LogP contribution in [0.5, 0.6) is 0 Å². The molecular weight excluding hydrogens is 216 g/mol. The van der Waals surface area contributed by atoms with Crippen LogP contribution in [0.4, 0.5) is 0 Å². The first-order valence-electron chi connectivity index (χ1n) is 5.13. The van der Waals surface area contributed by atoms with Crippen LogP contribution in [0.25, 0.3) is 6.08 Å². The first-order chi connectivity index (χ1) is 7.86. The molecule has 2 heteroatoms. The first-order valence-corrected chi connectivity index (χ1v) is 6.07. The van der Waals surface area contributed by atoms with E-state index in [1.165, 1.54) is 0 Å². The zero-order chi connectivity index (χ0) is 11.2. The highest BCUT2D eigenvalue weighted by Gasteiger charge is 1.94. The average Bonchev–Trinajstić information content (AvgIpc) is 2.33. The Morgan fingerprint density at radius 3 is 2.69 bits per heavy atom. The van der Waals surface area contributed by atoms with Gasteiger partial charge in [0.2, 0.25) is 0 Å². The van der Waals surface area contributed by atoms with E-state index in [4.69, 9.17) is 0 Å². The van der Waals surface area contributed by atoms with Gasteiger partial charge in [0, 0.05) is 5.56 Å². The lowest BCUT2D eigenvalue weighted by Gasteiger charge is -1.93. The molecule has 16 heavy (non-hydrogen) atoms. The topological polar surface area (TPSA) is 17.1 Å². The van der Waals surface area contributed by atoms with Gasteiger partial charge in [-0.25, -0.2) is 0 Å². The van der Waals surface area contributed by atoms with E-state index in [0.717, 1.165) is 11.1 Å². The number of allylic oxidation sites excluding steroid dienone is 1. The SMILES string of the molecule is O=c1ccscc1C/C=C/c1ccccc1. The van der Waals surface area contributed by atoms with Gasteiger partial charge < -0.3 is 0 Å². The number of hydrogen-bond acceptors (Lipinski definition) is 2. The standard InChI is InChI=1S/C14H12OS/c15-14-9-10-16-11-13(14)8-4-7-12-5-2-1-3-6-12/h1-7,9-11H,8H2/b7-4+. The minimum absolute atomic E-state index is 0.122. The zero-order valence-electron chi connectivity index (χ0n) is 8.80. The second-order valence-electron chi connectivity index (χ2n) is 3.46. The van der Waals surface area contributed by atoms with Crippen LogP contribution in [-0.4, -0.2) is 0 Å². The summed E-state index contributed by atoms with van der Waals surface area (Å²) in [5.41, 5.74) is 2.14. The average molecular weight is 228 g/mol. The normalized spacial score (nSPS) is 10.8. The molecule has 0 bridgehead atoms. The van der Waals surface area contributed by atoms with Gasteiger partial charge in [0.25, 0.3) is 0 Å². The van der Waals surface area contributed by atoms with Crippen molar-refractivity contribution in [2.45, 2.75) is 6.42 Å². The van der Waals surface area contributed by atoms with E-state index in [9.17, 15) is 4.79 Å². The molecule has 0 saturated heterocycles. The Morgan fingerprint density at radius 2 is 1.94 bits per heavy atom. The lowest BCUT2D eigenvalue weighted by molar-refractivity contribution is 1.26. The lowest BCUT2D eigenvalue weighted by Crippen LogP contribution is -2.03. The quantitative estimate of drug-likeness (QED) is 0.787. The minimum Gasteiger partial charge on any atom is -0.290 e. The highest BCUT2D eigenvalue weighted by atomic mass is 32.1. The van der Waals surface area contributed by atoms with E-state index < -0.39 is 0 Å². The third-order valence-corrected chi connectivity index (χ3v) is 2.99. The van der Waals surface area contributed by atoms with Gasteiger partial charge in [-0.05, 0) is 28.8 Å². The van der Waals surface area contributed by atoms with Gasteiger partial charge in [-0.15, -0.1) is 0 Å². The van der Waals surface area contributed by atoms with E-state index in [-0.39, 0.29) is 5.43 Å². The molecule has 1 aromatic carbocycles. The fourth-order valence-corrected chi connectivity index (χ4v) is 2.08.